The van der Waals surface area contributed by atoms with Crippen molar-refractivity contribution < 1.29 is 13.2 Å². The molecule has 0 fully saturated rings. The minimum Gasteiger partial charge on any atom is -0.373 e. The van der Waals surface area contributed by atoms with E-state index in [1.54, 1.807) is 0 Å². The lowest BCUT2D eigenvalue weighted by Gasteiger charge is -2.06. The van der Waals surface area contributed by atoms with Gasteiger partial charge < -0.3 is 5.32 Å². The molecule has 0 spiro atoms. The summed E-state index contributed by atoms with van der Waals surface area (Å²) in [5.74, 6) is 2.30. The Labute approximate surface area is 79.2 Å². The number of hydrogen-bond acceptors (Lipinski definition) is 2. The van der Waals surface area contributed by atoms with E-state index in [-0.39, 0.29) is 6.54 Å². The number of halogens is 3. The van der Waals surface area contributed by atoms with E-state index in [0.29, 0.717) is 5.69 Å². The van der Waals surface area contributed by atoms with Crippen molar-refractivity contribution in [1.82, 2.24) is 4.98 Å². The van der Waals surface area contributed by atoms with Crippen molar-refractivity contribution >= 4 is 5.69 Å². The first-order valence-corrected chi connectivity index (χ1v) is 3.74. The molecule has 0 saturated heterocycles. The SMILES string of the molecule is C#CCNc1ccc(C(F)(F)F)nc1. The number of aromatic nitrogens is 1. The predicted octanol–water partition coefficient (Wildman–Crippen LogP) is 2.15. The summed E-state index contributed by atoms with van der Waals surface area (Å²) in [5.41, 5.74) is -0.445. The number of rotatable bonds is 2. The van der Waals surface area contributed by atoms with Gasteiger partial charge in [-0.2, -0.15) is 13.2 Å². The third-order valence-corrected chi connectivity index (χ3v) is 1.45. The van der Waals surface area contributed by atoms with Crippen LogP contribution in [0, 0.1) is 12.3 Å². The number of anilines is 1. The van der Waals surface area contributed by atoms with E-state index in [2.05, 4.69) is 16.2 Å². The molecule has 0 radical (unpaired) electrons. The number of terminal acetylenes is 1. The van der Waals surface area contributed by atoms with Crippen molar-refractivity contribution in [3.05, 3.63) is 24.0 Å². The van der Waals surface area contributed by atoms with E-state index >= 15 is 0 Å². The average Bonchev–Trinajstić information content (AvgIpc) is 2.14. The van der Waals surface area contributed by atoms with E-state index < -0.39 is 11.9 Å². The molecule has 0 aliphatic rings. The Kier molecular flexibility index (Phi) is 2.97. The van der Waals surface area contributed by atoms with Crippen LogP contribution in [-0.4, -0.2) is 11.5 Å². The van der Waals surface area contributed by atoms with Crippen LogP contribution in [0.3, 0.4) is 0 Å². The first-order chi connectivity index (χ1) is 6.54. The molecule has 2 nitrogen and oxygen atoms in total. The van der Waals surface area contributed by atoms with Crippen LogP contribution in [0.2, 0.25) is 0 Å². The quantitative estimate of drug-likeness (QED) is 0.740. The molecule has 1 aromatic heterocycles. The second-order valence-electron chi connectivity index (χ2n) is 2.49. The van der Waals surface area contributed by atoms with Crippen LogP contribution >= 0.6 is 0 Å². The fourth-order valence-electron chi connectivity index (χ4n) is 0.819. The molecule has 0 atom stereocenters. The average molecular weight is 200 g/mol. The number of nitrogens with one attached hydrogen (secondary N) is 1. The summed E-state index contributed by atoms with van der Waals surface area (Å²) in [6.07, 6.45) is 1.66. The molecule has 1 heterocycles. The van der Waals surface area contributed by atoms with E-state index in [1.165, 1.54) is 6.07 Å². The topological polar surface area (TPSA) is 24.9 Å². The molecule has 14 heavy (non-hydrogen) atoms. The predicted molar refractivity (Wildman–Crippen MR) is 46.6 cm³/mol. The highest BCUT2D eigenvalue weighted by molar-refractivity contribution is 5.42. The lowest BCUT2D eigenvalue weighted by molar-refractivity contribution is -0.141. The van der Waals surface area contributed by atoms with Crippen molar-refractivity contribution in [2.45, 2.75) is 6.18 Å². The number of pyridine rings is 1. The van der Waals surface area contributed by atoms with Crippen molar-refractivity contribution in [2.75, 3.05) is 11.9 Å². The summed E-state index contributed by atoms with van der Waals surface area (Å²) in [4.78, 5) is 3.25. The van der Waals surface area contributed by atoms with Crippen molar-refractivity contribution in [2.24, 2.45) is 0 Å². The van der Waals surface area contributed by atoms with Gasteiger partial charge in [-0.25, -0.2) is 4.98 Å². The summed E-state index contributed by atoms with van der Waals surface area (Å²) in [6, 6.07) is 2.19. The Morgan fingerprint density at radius 2 is 2.14 bits per heavy atom. The maximum atomic E-state index is 12.1. The van der Waals surface area contributed by atoms with Crippen LogP contribution in [0.4, 0.5) is 18.9 Å². The molecule has 1 aromatic rings. The normalized spacial score (nSPS) is 10.7. The highest BCUT2D eigenvalue weighted by atomic mass is 19.4. The van der Waals surface area contributed by atoms with Gasteiger partial charge >= 0.3 is 6.18 Å². The van der Waals surface area contributed by atoms with Gasteiger partial charge in [0.1, 0.15) is 5.69 Å². The molecule has 0 bridgehead atoms. The molecule has 0 saturated carbocycles. The fraction of sp³-hybridized carbons (Fsp3) is 0.222. The number of hydrogen-bond donors (Lipinski definition) is 1. The molecule has 0 unspecified atom stereocenters. The van der Waals surface area contributed by atoms with Gasteiger partial charge in [0.05, 0.1) is 18.4 Å². The van der Waals surface area contributed by atoms with Gasteiger partial charge in [-0.15, -0.1) is 6.42 Å². The van der Waals surface area contributed by atoms with Crippen LogP contribution < -0.4 is 5.32 Å². The lowest BCUT2D eigenvalue weighted by Crippen LogP contribution is -2.08. The highest BCUT2D eigenvalue weighted by Gasteiger charge is 2.31. The van der Waals surface area contributed by atoms with E-state index in [9.17, 15) is 13.2 Å². The third-order valence-electron chi connectivity index (χ3n) is 1.45. The maximum absolute atomic E-state index is 12.1. The van der Waals surface area contributed by atoms with Crippen LogP contribution in [0.1, 0.15) is 5.69 Å². The molecule has 0 aliphatic heterocycles. The van der Waals surface area contributed by atoms with Gasteiger partial charge in [-0.1, -0.05) is 5.92 Å². The molecule has 1 rings (SSSR count). The van der Waals surface area contributed by atoms with Gasteiger partial charge in [0.15, 0.2) is 0 Å². The van der Waals surface area contributed by atoms with Crippen molar-refractivity contribution in [3.63, 3.8) is 0 Å². The zero-order valence-electron chi connectivity index (χ0n) is 7.10. The van der Waals surface area contributed by atoms with Crippen LogP contribution in [0.15, 0.2) is 18.3 Å². The van der Waals surface area contributed by atoms with Gasteiger partial charge in [0, 0.05) is 0 Å². The van der Waals surface area contributed by atoms with Crippen molar-refractivity contribution in [1.29, 1.82) is 0 Å². The summed E-state index contributed by atoms with van der Waals surface area (Å²) < 4.78 is 36.2. The van der Waals surface area contributed by atoms with Crippen LogP contribution in [0.5, 0.6) is 0 Å². The Bertz CT molecular complexity index is 335. The van der Waals surface area contributed by atoms with Gasteiger partial charge in [0.2, 0.25) is 0 Å². The van der Waals surface area contributed by atoms with E-state index in [4.69, 9.17) is 6.42 Å². The zero-order chi connectivity index (χ0) is 10.6. The Hall–Kier alpha value is -1.70. The molecule has 0 aromatic carbocycles. The van der Waals surface area contributed by atoms with Crippen LogP contribution in [-0.2, 0) is 6.18 Å². The largest absolute Gasteiger partial charge is 0.433 e. The second-order valence-corrected chi connectivity index (χ2v) is 2.49. The van der Waals surface area contributed by atoms with Crippen LogP contribution in [0.25, 0.3) is 0 Å². The van der Waals surface area contributed by atoms with Crippen molar-refractivity contribution in [3.8, 4) is 12.3 Å². The first kappa shape index (κ1) is 10.4. The molecular formula is C9H7F3N2. The fourth-order valence-corrected chi connectivity index (χ4v) is 0.819. The van der Waals surface area contributed by atoms with Gasteiger partial charge in [0.25, 0.3) is 0 Å². The summed E-state index contributed by atoms with van der Waals surface area (Å²) in [5, 5.41) is 2.71. The standard InChI is InChI=1S/C9H7F3N2/c1-2-5-13-7-3-4-8(14-6-7)9(10,11)12/h1,3-4,6,13H,5H2. The van der Waals surface area contributed by atoms with E-state index in [0.717, 1.165) is 12.3 Å². The lowest BCUT2D eigenvalue weighted by atomic mass is 10.3. The van der Waals surface area contributed by atoms with E-state index in [1.807, 2.05) is 0 Å². The summed E-state index contributed by atoms with van der Waals surface area (Å²) in [6.45, 7) is 0.257. The molecule has 0 aliphatic carbocycles. The Morgan fingerprint density at radius 1 is 1.43 bits per heavy atom. The molecule has 1 N–H and O–H groups in total. The maximum Gasteiger partial charge on any atom is 0.433 e. The monoisotopic (exact) mass is 200 g/mol. The van der Waals surface area contributed by atoms with Gasteiger partial charge in [-0.05, 0) is 12.1 Å². The number of nitrogens with zero attached hydrogens (tertiary/aromatic N) is 1. The summed E-state index contributed by atoms with van der Waals surface area (Å²) in [7, 11) is 0. The molecule has 5 heteroatoms. The Morgan fingerprint density at radius 3 is 2.57 bits per heavy atom. The Balaban J connectivity index is 2.75. The minimum absolute atomic E-state index is 0.257. The third kappa shape index (κ3) is 2.66. The highest BCUT2D eigenvalue weighted by Crippen LogP contribution is 2.27. The molecule has 0 amide bonds. The minimum atomic E-state index is -4.40. The number of alkyl halides is 3. The smallest absolute Gasteiger partial charge is 0.373 e. The molecule has 74 valence electrons. The first-order valence-electron chi connectivity index (χ1n) is 3.74. The second kappa shape index (κ2) is 4.01. The molecular weight excluding hydrogens is 193 g/mol. The zero-order valence-corrected chi connectivity index (χ0v) is 7.10. The van der Waals surface area contributed by atoms with Gasteiger partial charge in [-0.3, -0.25) is 0 Å². The summed E-state index contributed by atoms with van der Waals surface area (Å²) >= 11 is 0.